The fourth-order valence-electron chi connectivity index (χ4n) is 4.39. The molecule has 0 aliphatic heterocycles. The van der Waals surface area contributed by atoms with Crippen LogP contribution in [0.1, 0.15) is 41.5 Å². The van der Waals surface area contributed by atoms with Crippen molar-refractivity contribution in [3.05, 3.63) is 191 Å². The van der Waals surface area contributed by atoms with E-state index in [1.54, 1.807) is 11.1 Å². The average molecular weight is 481 g/mol. The van der Waals surface area contributed by atoms with E-state index in [4.69, 9.17) is 0 Å². The van der Waals surface area contributed by atoms with Crippen LogP contribution < -0.4 is 0 Å². The molecule has 0 saturated heterocycles. The Morgan fingerprint density at radius 2 is 0.649 bits per heavy atom. The molecular formula is C37H36. The highest BCUT2D eigenvalue weighted by molar-refractivity contribution is 5.32. The van der Waals surface area contributed by atoms with E-state index in [9.17, 15) is 0 Å². The number of benzene rings is 4. The van der Waals surface area contributed by atoms with Crippen LogP contribution in [0.15, 0.2) is 169 Å². The highest BCUT2D eigenvalue weighted by atomic mass is 14.1. The van der Waals surface area contributed by atoms with E-state index in [0.717, 1.165) is 25.7 Å². The molecular weight excluding hydrogens is 444 g/mol. The Hall–Kier alpha value is -4.16. The van der Waals surface area contributed by atoms with Gasteiger partial charge in [-0.1, -0.05) is 169 Å². The maximum atomic E-state index is 2.24. The SMILES string of the molecule is C1=CCC(CC2=CC=CC2)=C1.c1ccc(Cc2ccccc2)cc1.c1ccc(Cc2ccccc2)cc1. The summed E-state index contributed by atoms with van der Waals surface area (Å²) >= 11 is 0. The predicted molar refractivity (Wildman–Crippen MR) is 160 cm³/mol. The summed E-state index contributed by atoms with van der Waals surface area (Å²) in [5.41, 5.74) is 8.59. The minimum atomic E-state index is 1.03. The van der Waals surface area contributed by atoms with Crippen molar-refractivity contribution >= 4 is 0 Å². The third-order valence-corrected chi connectivity index (χ3v) is 6.34. The minimum absolute atomic E-state index is 1.03. The zero-order chi connectivity index (χ0) is 25.4. The molecule has 6 rings (SSSR count). The summed E-state index contributed by atoms with van der Waals surface area (Å²) < 4.78 is 0. The molecule has 0 amide bonds. The first-order valence-corrected chi connectivity index (χ1v) is 13.2. The molecule has 0 nitrogen and oxygen atoms in total. The van der Waals surface area contributed by atoms with Crippen LogP contribution in [0.4, 0.5) is 0 Å². The first-order valence-electron chi connectivity index (χ1n) is 13.2. The van der Waals surface area contributed by atoms with Crippen LogP contribution in [-0.2, 0) is 12.8 Å². The standard InChI is InChI=1S/2C13H12.C11H12/c2*1-3-7-12(8-4-1)11-13-9-5-2-6-10-13;1-2-6-10(5-1)9-11-7-3-4-8-11/h2*1-10H,11H2;1-5,7H,6,8-9H2. The van der Waals surface area contributed by atoms with Gasteiger partial charge in [0.05, 0.1) is 0 Å². The Balaban J connectivity index is 0.000000130. The van der Waals surface area contributed by atoms with Gasteiger partial charge in [0.25, 0.3) is 0 Å². The van der Waals surface area contributed by atoms with Crippen molar-refractivity contribution in [2.75, 3.05) is 0 Å². The van der Waals surface area contributed by atoms with E-state index in [1.165, 1.54) is 28.7 Å². The van der Waals surface area contributed by atoms with E-state index in [-0.39, 0.29) is 0 Å². The van der Waals surface area contributed by atoms with E-state index >= 15 is 0 Å². The lowest BCUT2D eigenvalue weighted by atomic mass is 10.0. The maximum absolute atomic E-state index is 2.24. The van der Waals surface area contributed by atoms with Crippen molar-refractivity contribution in [1.29, 1.82) is 0 Å². The van der Waals surface area contributed by atoms with Crippen LogP contribution in [0.3, 0.4) is 0 Å². The Bertz CT molecular complexity index is 1110. The number of hydrogen-bond donors (Lipinski definition) is 0. The molecule has 0 aromatic heterocycles. The summed E-state index contributed by atoms with van der Waals surface area (Å²) in [6.07, 6.45) is 18.8. The van der Waals surface area contributed by atoms with Crippen molar-refractivity contribution in [3.8, 4) is 0 Å². The number of hydrogen-bond acceptors (Lipinski definition) is 0. The van der Waals surface area contributed by atoms with Crippen LogP contribution in [0.5, 0.6) is 0 Å². The number of allylic oxidation sites excluding steroid dienone is 8. The smallest absolute Gasteiger partial charge is 0.00258 e. The molecule has 184 valence electrons. The van der Waals surface area contributed by atoms with Gasteiger partial charge in [-0.25, -0.2) is 0 Å². The molecule has 0 heteroatoms. The Labute approximate surface area is 223 Å². The largest absolute Gasteiger partial charge is 0.0804 e. The average Bonchev–Trinajstić information content (AvgIpc) is 3.67. The molecule has 0 heterocycles. The van der Waals surface area contributed by atoms with Gasteiger partial charge < -0.3 is 0 Å². The van der Waals surface area contributed by atoms with Gasteiger partial charge in [0.15, 0.2) is 0 Å². The highest BCUT2D eigenvalue weighted by Gasteiger charge is 2.04. The molecule has 0 N–H and O–H groups in total. The second-order valence-corrected chi connectivity index (χ2v) is 9.39. The van der Waals surface area contributed by atoms with Crippen LogP contribution in [-0.4, -0.2) is 0 Å². The molecule has 2 aliphatic rings. The Morgan fingerprint density at radius 3 is 0.892 bits per heavy atom. The molecule has 4 aromatic rings. The van der Waals surface area contributed by atoms with Gasteiger partial charge in [-0.05, 0) is 54.4 Å². The van der Waals surface area contributed by atoms with Gasteiger partial charge >= 0.3 is 0 Å². The van der Waals surface area contributed by atoms with Crippen LogP contribution in [0, 0.1) is 0 Å². The van der Waals surface area contributed by atoms with E-state index in [2.05, 4.69) is 158 Å². The van der Waals surface area contributed by atoms with Crippen molar-refractivity contribution in [1.82, 2.24) is 0 Å². The molecule has 0 atom stereocenters. The quantitative estimate of drug-likeness (QED) is 0.258. The van der Waals surface area contributed by atoms with Crippen LogP contribution >= 0.6 is 0 Å². The Kier molecular flexibility index (Phi) is 10.6. The van der Waals surface area contributed by atoms with Crippen molar-refractivity contribution in [3.63, 3.8) is 0 Å². The third kappa shape index (κ3) is 9.78. The van der Waals surface area contributed by atoms with E-state index in [0.29, 0.717) is 0 Å². The fraction of sp³-hybridized carbons (Fsp3) is 0.135. The molecule has 0 fully saturated rings. The molecule has 4 aromatic carbocycles. The fourth-order valence-corrected chi connectivity index (χ4v) is 4.39. The second kappa shape index (κ2) is 15.1. The summed E-state index contributed by atoms with van der Waals surface area (Å²) in [4.78, 5) is 0. The summed E-state index contributed by atoms with van der Waals surface area (Å²) in [6.45, 7) is 0. The summed E-state index contributed by atoms with van der Waals surface area (Å²) in [5.74, 6) is 0. The topological polar surface area (TPSA) is 0 Å². The summed E-state index contributed by atoms with van der Waals surface area (Å²) in [5, 5.41) is 0. The van der Waals surface area contributed by atoms with Gasteiger partial charge in [-0.15, -0.1) is 0 Å². The van der Waals surface area contributed by atoms with Gasteiger partial charge in [-0.2, -0.15) is 0 Å². The lowest BCUT2D eigenvalue weighted by Crippen LogP contribution is -1.85. The van der Waals surface area contributed by atoms with Crippen molar-refractivity contribution in [2.24, 2.45) is 0 Å². The monoisotopic (exact) mass is 480 g/mol. The van der Waals surface area contributed by atoms with E-state index in [1.807, 2.05) is 0 Å². The first-order chi connectivity index (χ1) is 18.3. The first kappa shape index (κ1) is 25.9. The van der Waals surface area contributed by atoms with Crippen molar-refractivity contribution < 1.29 is 0 Å². The highest BCUT2D eigenvalue weighted by Crippen LogP contribution is 2.23. The predicted octanol–water partition coefficient (Wildman–Crippen LogP) is 9.70. The normalized spacial score (nSPS) is 13.1. The minimum Gasteiger partial charge on any atom is -0.0804 e. The Morgan fingerprint density at radius 1 is 0.351 bits per heavy atom. The van der Waals surface area contributed by atoms with Gasteiger partial charge in [0.2, 0.25) is 0 Å². The lowest BCUT2D eigenvalue weighted by Gasteiger charge is -2.01. The molecule has 37 heavy (non-hydrogen) atoms. The molecule has 0 saturated carbocycles. The summed E-state index contributed by atoms with van der Waals surface area (Å²) in [7, 11) is 0. The van der Waals surface area contributed by atoms with Gasteiger partial charge in [0.1, 0.15) is 0 Å². The molecule has 0 spiro atoms. The lowest BCUT2D eigenvalue weighted by molar-refractivity contribution is 1.03. The molecule has 0 bridgehead atoms. The van der Waals surface area contributed by atoms with Gasteiger partial charge in [0, 0.05) is 0 Å². The second-order valence-electron chi connectivity index (χ2n) is 9.39. The summed E-state index contributed by atoms with van der Waals surface area (Å²) in [6, 6.07) is 42.1. The maximum Gasteiger partial charge on any atom is -0.00258 e. The van der Waals surface area contributed by atoms with Crippen molar-refractivity contribution in [2.45, 2.75) is 32.1 Å². The molecule has 0 unspecified atom stereocenters. The zero-order valence-corrected chi connectivity index (χ0v) is 21.5. The van der Waals surface area contributed by atoms with E-state index < -0.39 is 0 Å². The molecule has 2 aliphatic carbocycles. The molecule has 0 radical (unpaired) electrons. The van der Waals surface area contributed by atoms with Crippen LogP contribution in [0.25, 0.3) is 0 Å². The zero-order valence-electron chi connectivity index (χ0n) is 21.5. The third-order valence-electron chi connectivity index (χ3n) is 6.34. The van der Waals surface area contributed by atoms with Gasteiger partial charge in [-0.3, -0.25) is 0 Å². The van der Waals surface area contributed by atoms with Crippen LogP contribution in [0.2, 0.25) is 0 Å². The number of rotatable bonds is 6.